The van der Waals surface area contributed by atoms with Crippen LogP contribution in [0.15, 0.2) is 0 Å². The van der Waals surface area contributed by atoms with Crippen molar-refractivity contribution in [2.24, 2.45) is 0 Å². The Hall–Kier alpha value is -1.63. The number of aryl methyl sites for hydroxylation is 1. The minimum absolute atomic E-state index is 0.0317. The van der Waals surface area contributed by atoms with E-state index in [0.717, 1.165) is 6.42 Å². The maximum atomic E-state index is 11.3. The number of nitro groups is 1. The lowest BCUT2D eigenvalue weighted by Gasteiger charge is -2.37. The first-order valence-corrected chi connectivity index (χ1v) is 6.94. The molecule has 7 heteroatoms. The van der Waals surface area contributed by atoms with Crippen molar-refractivity contribution in [3.8, 4) is 0 Å². The second-order valence-corrected chi connectivity index (χ2v) is 6.08. The molecule has 0 aliphatic carbocycles. The summed E-state index contributed by atoms with van der Waals surface area (Å²) in [6, 6.07) is 0.0317. The van der Waals surface area contributed by atoms with Gasteiger partial charge in [0.15, 0.2) is 0 Å². The molecule has 112 valence electrons. The summed E-state index contributed by atoms with van der Waals surface area (Å²) in [6.07, 6.45) is 1.53. The fourth-order valence-electron chi connectivity index (χ4n) is 2.80. The number of nitrogens with zero attached hydrogens (tertiary/aromatic N) is 4. The van der Waals surface area contributed by atoms with Gasteiger partial charge in [-0.2, -0.15) is 5.10 Å². The Morgan fingerprint density at radius 1 is 1.50 bits per heavy atom. The van der Waals surface area contributed by atoms with Crippen LogP contribution in [0, 0.1) is 17.0 Å². The summed E-state index contributed by atoms with van der Waals surface area (Å²) in [5.74, 6) is 0.516. The van der Waals surface area contributed by atoms with Crippen molar-refractivity contribution in [1.29, 1.82) is 0 Å². The lowest BCUT2D eigenvalue weighted by atomic mass is 9.95. The van der Waals surface area contributed by atoms with Gasteiger partial charge >= 0.3 is 5.69 Å². The molecule has 0 radical (unpaired) electrons. The number of piperidine rings is 1. The van der Waals surface area contributed by atoms with Crippen LogP contribution in [0.4, 0.5) is 11.5 Å². The lowest BCUT2D eigenvalue weighted by molar-refractivity contribution is -0.384. The highest BCUT2D eigenvalue weighted by molar-refractivity contribution is 5.62. The van der Waals surface area contributed by atoms with E-state index in [2.05, 4.69) is 5.10 Å². The Morgan fingerprint density at radius 2 is 2.15 bits per heavy atom. The van der Waals surface area contributed by atoms with Gasteiger partial charge < -0.3 is 10.0 Å². The molecule has 2 heterocycles. The van der Waals surface area contributed by atoms with Gasteiger partial charge in [-0.05, 0) is 40.5 Å². The summed E-state index contributed by atoms with van der Waals surface area (Å²) in [5.41, 5.74) is -0.341. The van der Waals surface area contributed by atoms with Crippen LogP contribution >= 0.6 is 0 Å². The molecule has 1 aromatic rings. The summed E-state index contributed by atoms with van der Waals surface area (Å²) in [4.78, 5) is 12.9. The molecule has 0 bridgehead atoms. The van der Waals surface area contributed by atoms with Crippen LogP contribution in [0.25, 0.3) is 0 Å². The minimum Gasteiger partial charge on any atom is -0.388 e. The molecule has 1 saturated heterocycles. The van der Waals surface area contributed by atoms with Gasteiger partial charge in [-0.15, -0.1) is 0 Å². The van der Waals surface area contributed by atoms with Gasteiger partial charge in [-0.1, -0.05) is 0 Å². The summed E-state index contributed by atoms with van der Waals surface area (Å²) >= 11 is 0. The van der Waals surface area contributed by atoms with Crippen molar-refractivity contribution in [2.75, 3.05) is 18.0 Å². The van der Waals surface area contributed by atoms with Crippen LogP contribution in [0.5, 0.6) is 0 Å². The predicted octanol–water partition coefficient (Wildman–Crippen LogP) is 2.03. The summed E-state index contributed by atoms with van der Waals surface area (Å²) in [5, 5.41) is 25.9. The molecule has 20 heavy (non-hydrogen) atoms. The smallest absolute Gasteiger partial charge is 0.333 e. The van der Waals surface area contributed by atoms with E-state index in [9.17, 15) is 15.2 Å². The molecule has 1 aromatic heterocycles. The molecule has 1 aliphatic heterocycles. The first-order valence-electron chi connectivity index (χ1n) is 6.94. The third kappa shape index (κ3) is 2.63. The molecular formula is C13H22N4O3. The van der Waals surface area contributed by atoms with E-state index in [1.54, 1.807) is 18.5 Å². The van der Waals surface area contributed by atoms with Gasteiger partial charge in [0.2, 0.25) is 5.82 Å². The van der Waals surface area contributed by atoms with Crippen molar-refractivity contribution in [3.63, 3.8) is 0 Å². The topological polar surface area (TPSA) is 84.4 Å². The Morgan fingerprint density at radius 3 is 2.65 bits per heavy atom. The molecular weight excluding hydrogens is 260 g/mol. The minimum atomic E-state index is -0.813. The number of anilines is 1. The van der Waals surface area contributed by atoms with E-state index in [1.807, 2.05) is 18.7 Å². The van der Waals surface area contributed by atoms with E-state index in [4.69, 9.17) is 0 Å². The van der Waals surface area contributed by atoms with Gasteiger partial charge in [0.05, 0.1) is 10.5 Å². The van der Waals surface area contributed by atoms with Crippen molar-refractivity contribution >= 4 is 11.5 Å². The zero-order valence-corrected chi connectivity index (χ0v) is 12.5. The molecule has 1 aliphatic rings. The maximum absolute atomic E-state index is 11.3. The fourth-order valence-corrected chi connectivity index (χ4v) is 2.80. The van der Waals surface area contributed by atoms with Crippen molar-refractivity contribution in [2.45, 2.75) is 52.2 Å². The molecule has 1 atom stereocenters. The maximum Gasteiger partial charge on any atom is 0.333 e. The molecule has 0 amide bonds. The van der Waals surface area contributed by atoms with Crippen LogP contribution in [-0.2, 0) is 0 Å². The van der Waals surface area contributed by atoms with E-state index >= 15 is 0 Å². The van der Waals surface area contributed by atoms with Crippen LogP contribution in [0.3, 0.4) is 0 Å². The van der Waals surface area contributed by atoms with Crippen LogP contribution < -0.4 is 4.90 Å². The highest BCUT2D eigenvalue weighted by atomic mass is 16.6. The summed E-state index contributed by atoms with van der Waals surface area (Å²) < 4.78 is 1.69. The highest BCUT2D eigenvalue weighted by Crippen LogP contribution is 2.36. The number of hydrogen-bond donors (Lipinski definition) is 1. The molecule has 1 fully saturated rings. The quantitative estimate of drug-likeness (QED) is 0.677. The largest absolute Gasteiger partial charge is 0.388 e. The van der Waals surface area contributed by atoms with E-state index in [1.165, 1.54) is 0 Å². The molecule has 0 saturated carbocycles. The van der Waals surface area contributed by atoms with Gasteiger partial charge in [0.1, 0.15) is 5.69 Å². The Bertz CT molecular complexity index is 522. The lowest BCUT2D eigenvalue weighted by Crippen LogP contribution is -2.47. The van der Waals surface area contributed by atoms with Crippen molar-refractivity contribution in [3.05, 3.63) is 15.8 Å². The number of aromatic nitrogens is 2. The molecule has 1 N–H and O–H groups in total. The second kappa shape index (κ2) is 5.05. The standard InChI is InChI=1S/C13H22N4O3/c1-9(2)16-12(11(17(19)20)10(3)14-16)15-7-5-6-13(4,18)8-15/h9,18H,5-8H2,1-4H3. The zero-order chi connectivity index (χ0) is 15.1. The Kier molecular flexibility index (Phi) is 3.73. The number of rotatable bonds is 3. The predicted molar refractivity (Wildman–Crippen MR) is 76.1 cm³/mol. The third-order valence-corrected chi connectivity index (χ3v) is 3.68. The number of aliphatic hydroxyl groups is 1. The normalized spacial score (nSPS) is 23.4. The van der Waals surface area contributed by atoms with Crippen LogP contribution in [-0.4, -0.2) is 38.5 Å². The van der Waals surface area contributed by atoms with Gasteiger partial charge in [-0.3, -0.25) is 10.1 Å². The van der Waals surface area contributed by atoms with Gasteiger partial charge in [-0.25, -0.2) is 4.68 Å². The van der Waals surface area contributed by atoms with Crippen LogP contribution in [0.1, 0.15) is 45.3 Å². The van der Waals surface area contributed by atoms with E-state index in [-0.39, 0.29) is 16.7 Å². The second-order valence-electron chi connectivity index (χ2n) is 6.08. The molecule has 1 unspecified atom stereocenters. The highest BCUT2D eigenvalue weighted by Gasteiger charge is 2.36. The SMILES string of the molecule is Cc1nn(C(C)C)c(N2CCCC(C)(O)C2)c1[N+](=O)[O-]. The molecule has 7 nitrogen and oxygen atoms in total. The van der Waals surface area contributed by atoms with E-state index in [0.29, 0.717) is 31.0 Å². The average Bonchev–Trinajstić information content (AvgIpc) is 2.65. The monoisotopic (exact) mass is 282 g/mol. The molecule has 0 spiro atoms. The molecule has 2 rings (SSSR count). The summed E-state index contributed by atoms with van der Waals surface area (Å²) in [7, 11) is 0. The number of β-amino-alcohol motifs (C(OH)–C–C–N with tert-alkyl or cyclic N) is 1. The first-order chi connectivity index (χ1) is 9.23. The van der Waals surface area contributed by atoms with Crippen LogP contribution in [0.2, 0.25) is 0 Å². The Balaban J connectivity index is 2.50. The van der Waals surface area contributed by atoms with Gasteiger partial charge in [0, 0.05) is 19.1 Å². The van der Waals surface area contributed by atoms with Crippen molar-refractivity contribution in [1.82, 2.24) is 9.78 Å². The average molecular weight is 282 g/mol. The summed E-state index contributed by atoms with van der Waals surface area (Å²) in [6.45, 7) is 8.42. The zero-order valence-electron chi connectivity index (χ0n) is 12.5. The Labute approximate surface area is 118 Å². The van der Waals surface area contributed by atoms with Gasteiger partial charge in [0.25, 0.3) is 0 Å². The first kappa shape index (κ1) is 14.8. The van der Waals surface area contributed by atoms with E-state index < -0.39 is 5.60 Å². The fraction of sp³-hybridized carbons (Fsp3) is 0.769. The number of hydrogen-bond acceptors (Lipinski definition) is 5. The van der Waals surface area contributed by atoms with Crippen molar-refractivity contribution < 1.29 is 10.0 Å². The third-order valence-electron chi connectivity index (χ3n) is 3.68. The molecule has 0 aromatic carbocycles.